The normalized spacial score (nSPS) is 38.5. The summed E-state index contributed by atoms with van der Waals surface area (Å²) < 4.78 is 0. The van der Waals surface area contributed by atoms with Crippen molar-refractivity contribution < 1.29 is 0 Å². The molecule has 2 heteroatoms. The van der Waals surface area contributed by atoms with E-state index in [2.05, 4.69) is 26.1 Å². The summed E-state index contributed by atoms with van der Waals surface area (Å²) in [6, 6.07) is 0.736. The highest BCUT2D eigenvalue weighted by Gasteiger charge is 2.43. The first kappa shape index (κ1) is 13.4. The Morgan fingerprint density at radius 2 is 1.82 bits per heavy atom. The van der Waals surface area contributed by atoms with Gasteiger partial charge in [0.1, 0.15) is 0 Å². The monoisotopic (exact) mass is 238 g/mol. The third-order valence-electron chi connectivity index (χ3n) is 4.71. The SMILES string of the molecule is CC1CC(C)(C)CC(CN)(NC2CCCC2)C1. The second kappa shape index (κ2) is 4.89. The molecule has 0 saturated heterocycles. The second-order valence-electron chi connectivity index (χ2n) is 7.46. The van der Waals surface area contributed by atoms with Crippen LogP contribution in [0.25, 0.3) is 0 Å². The lowest BCUT2D eigenvalue weighted by Crippen LogP contribution is -2.59. The van der Waals surface area contributed by atoms with E-state index < -0.39 is 0 Å². The number of hydrogen-bond donors (Lipinski definition) is 2. The molecule has 0 heterocycles. The molecule has 2 aliphatic carbocycles. The maximum absolute atomic E-state index is 6.14. The van der Waals surface area contributed by atoms with Gasteiger partial charge in [-0.1, -0.05) is 33.6 Å². The Labute approximate surface area is 107 Å². The molecule has 2 nitrogen and oxygen atoms in total. The van der Waals surface area contributed by atoms with Gasteiger partial charge in [0.15, 0.2) is 0 Å². The van der Waals surface area contributed by atoms with Gasteiger partial charge in [-0.25, -0.2) is 0 Å². The maximum atomic E-state index is 6.14. The predicted octanol–water partition coefficient (Wildman–Crippen LogP) is 3.06. The lowest BCUT2D eigenvalue weighted by molar-refractivity contribution is 0.0777. The van der Waals surface area contributed by atoms with Crippen LogP contribution in [0.2, 0.25) is 0 Å². The average Bonchev–Trinajstić information content (AvgIpc) is 2.67. The minimum absolute atomic E-state index is 0.218. The zero-order valence-electron chi connectivity index (χ0n) is 11.9. The minimum Gasteiger partial charge on any atom is -0.329 e. The van der Waals surface area contributed by atoms with Gasteiger partial charge in [0.05, 0.1) is 0 Å². The molecule has 2 fully saturated rings. The minimum atomic E-state index is 0.218. The number of hydrogen-bond acceptors (Lipinski definition) is 2. The Kier molecular flexibility index (Phi) is 3.84. The van der Waals surface area contributed by atoms with E-state index in [9.17, 15) is 0 Å². The van der Waals surface area contributed by atoms with Crippen LogP contribution in [0.4, 0.5) is 0 Å². The molecule has 0 spiro atoms. The summed E-state index contributed by atoms with van der Waals surface area (Å²) in [5.41, 5.74) is 6.80. The van der Waals surface area contributed by atoms with Gasteiger partial charge in [0.25, 0.3) is 0 Å². The average molecular weight is 238 g/mol. The molecule has 0 aromatic rings. The van der Waals surface area contributed by atoms with Crippen molar-refractivity contribution in [3.05, 3.63) is 0 Å². The van der Waals surface area contributed by atoms with Crippen LogP contribution in [0, 0.1) is 11.3 Å². The molecule has 2 atom stereocenters. The summed E-state index contributed by atoms with van der Waals surface area (Å²) in [5.74, 6) is 0.802. The zero-order chi connectivity index (χ0) is 12.5. The van der Waals surface area contributed by atoms with E-state index in [-0.39, 0.29) is 5.54 Å². The molecule has 0 aromatic heterocycles. The van der Waals surface area contributed by atoms with E-state index in [0.29, 0.717) is 5.41 Å². The molecule has 2 rings (SSSR count). The fourth-order valence-corrected chi connectivity index (χ4v) is 4.57. The number of rotatable bonds is 3. The van der Waals surface area contributed by atoms with Gasteiger partial charge in [0.2, 0.25) is 0 Å². The van der Waals surface area contributed by atoms with Crippen LogP contribution in [0.3, 0.4) is 0 Å². The summed E-state index contributed by atoms with van der Waals surface area (Å²) in [6.07, 6.45) is 9.38. The van der Waals surface area contributed by atoms with Gasteiger partial charge in [-0.2, -0.15) is 0 Å². The summed E-state index contributed by atoms with van der Waals surface area (Å²) in [4.78, 5) is 0. The van der Waals surface area contributed by atoms with Crippen molar-refractivity contribution in [3.8, 4) is 0 Å². The lowest BCUT2D eigenvalue weighted by Gasteiger charge is -2.49. The first-order valence-corrected chi connectivity index (χ1v) is 7.43. The van der Waals surface area contributed by atoms with Crippen molar-refractivity contribution in [2.45, 2.75) is 77.3 Å². The first-order chi connectivity index (χ1) is 7.95. The molecule has 0 amide bonds. The summed E-state index contributed by atoms with van der Waals surface area (Å²) in [6.45, 7) is 8.01. The summed E-state index contributed by atoms with van der Waals surface area (Å²) >= 11 is 0. The van der Waals surface area contributed by atoms with Gasteiger partial charge < -0.3 is 11.1 Å². The topological polar surface area (TPSA) is 38.0 Å². The molecule has 0 aromatic carbocycles. The van der Waals surface area contributed by atoms with Crippen LogP contribution < -0.4 is 11.1 Å². The molecule has 2 unspecified atom stereocenters. The van der Waals surface area contributed by atoms with E-state index in [1.807, 2.05) is 0 Å². The molecule has 0 aliphatic heterocycles. The summed E-state index contributed by atoms with van der Waals surface area (Å²) in [7, 11) is 0. The van der Waals surface area contributed by atoms with E-state index in [0.717, 1.165) is 18.5 Å². The Morgan fingerprint density at radius 1 is 1.18 bits per heavy atom. The van der Waals surface area contributed by atoms with Gasteiger partial charge in [-0.15, -0.1) is 0 Å². The third-order valence-corrected chi connectivity index (χ3v) is 4.71. The number of nitrogens with two attached hydrogens (primary N) is 1. The Hall–Kier alpha value is -0.0800. The van der Waals surface area contributed by atoms with Crippen LogP contribution in [0.15, 0.2) is 0 Å². The van der Waals surface area contributed by atoms with Crippen molar-refractivity contribution in [1.29, 1.82) is 0 Å². The smallest absolute Gasteiger partial charge is 0.0314 e. The standard InChI is InChI=1S/C15H30N2/c1-12-8-14(2,3)10-15(9-12,11-16)17-13-6-4-5-7-13/h12-13,17H,4-11,16H2,1-3H3. The maximum Gasteiger partial charge on any atom is 0.0314 e. The molecular weight excluding hydrogens is 208 g/mol. The van der Waals surface area contributed by atoms with E-state index in [1.54, 1.807) is 0 Å². The van der Waals surface area contributed by atoms with Gasteiger partial charge in [-0.05, 0) is 43.4 Å². The Balaban J connectivity index is 2.06. The van der Waals surface area contributed by atoms with Crippen molar-refractivity contribution in [2.75, 3.05) is 6.54 Å². The van der Waals surface area contributed by atoms with Crippen molar-refractivity contribution in [2.24, 2.45) is 17.1 Å². The largest absolute Gasteiger partial charge is 0.329 e. The quantitative estimate of drug-likeness (QED) is 0.793. The van der Waals surface area contributed by atoms with Gasteiger partial charge in [-0.3, -0.25) is 0 Å². The highest BCUT2D eigenvalue weighted by molar-refractivity contribution is 5.01. The zero-order valence-corrected chi connectivity index (χ0v) is 11.9. The molecule has 2 saturated carbocycles. The molecule has 2 aliphatic rings. The van der Waals surface area contributed by atoms with E-state index in [1.165, 1.54) is 44.9 Å². The highest BCUT2D eigenvalue weighted by atomic mass is 15.0. The van der Waals surface area contributed by atoms with Crippen LogP contribution in [-0.4, -0.2) is 18.1 Å². The van der Waals surface area contributed by atoms with Crippen molar-refractivity contribution in [1.82, 2.24) is 5.32 Å². The lowest BCUT2D eigenvalue weighted by atomic mass is 9.64. The van der Waals surface area contributed by atoms with Gasteiger partial charge in [0, 0.05) is 18.1 Å². The summed E-state index contributed by atoms with van der Waals surface area (Å²) in [5, 5.41) is 3.94. The predicted molar refractivity (Wildman–Crippen MR) is 74.0 cm³/mol. The Bertz CT molecular complexity index is 256. The molecule has 100 valence electrons. The molecule has 3 N–H and O–H groups in total. The Morgan fingerprint density at radius 3 is 2.35 bits per heavy atom. The van der Waals surface area contributed by atoms with Crippen LogP contribution in [0.1, 0.15) is 65.7 Å². The van der Waals surface area contributed by atoms with Crippen LogP contribution in [-0.2, 0) is 0 Å². The van der Waals surface area contributed by atoms with Crippen LogP contribution >= 0.6 is 0 Å². The van der Waals surface area contributed by atoms with E-state index >= 15 is 0 Å². The van der Waals surface area contributed by atoms with Gasteiger partial charge >= 0.3 is 0 Å². The number of nitrogens with one attached hydrogen (secondary N) is 1. The van der Waals surface area contributed by atoms with E-state index in [4.69, 9.17) is 5.73 Å². The van der Waals surface area contributed by atoms with Crippen LogP contribution in [0.5, 0.6) is 0 Å². The fraction of sp³-hybridized carbons (Fsp3) is 1.00. The first-order valence-electron chi connectivity index (χ1n) is 7.43. The molecular formula is C15H30N2. The van der Waals surface area contributed by atoms with Crippen molar-refractivity contribution >= 4 is 0 Å². The highest BCUT2D eigenvalue weighted by Crippen LogP contribution is 2.44. The second-order valence-corrected chi connectivity index (χ2v) is 7.46. The molecule has 0 radical (unpaired) electrons. The third kappa shape index (κ3) is 3.23. The van der Waals surface area contributed by atoms with Crippen molar-refractivity contribution in [3.63, 3.8) is 0 Å². The molecule has 17 heavy (non-hydrogen) atoms. The molecule has 0 bridgehead atoms. The fourth-order valence-electron chi connectivity index (χ4n) is 4.57.